The Morgan fingerprint density at radius 3 is 2.90 bits per heavy atom. The lowest BCUT2D eigenvalue weighted by Crippen LogP contribution is -2.33. The Morgan fingerprint density at radius 1 is 1.26 bits per heavy atom. The van der Waals surface area contributed by atoms with Gasteiger partial charge in [0.1, 0.15) is 17.3 Å². The van der Waals surface area contributed by atoms with Crippen LogP contribution in [0.1, 0.15) is 30.9 Å². The van der Waals surface area contributed by atoms with E-state index in [0.717, 1.165) is 30.8 Å². The van der Waals surface area contributed by atoms with Crippen LogP contribution in [0, 0.1) is 5.82 Å². The number of hydrogen-bond acceptors (Lipinski definition) is 5. The SMILES string of the molecule is O=C(Nc1cnn2ccc(N3CCCC3c3cc(F)cc(Cl)c3)nc12)N1CCC(O)C1. The molecule has 3 aromatic rings. The molecule has 4 heterocycles. The minimum atomic E-state index is -0.484. The number of amides is 2. The summed E-state index contributed by atoms with van der Waals surface area (Å²) in [4.78, 5) is 21.0. The second-order valence-electron chi connectivity index (χ2n) is 7.99. The lowest BCUT2D eigenvalue weighted by molar-refractivity contribution is 0.176. The second-order valence-corrected chi connectivity index (χ2v) is 8.42. The second kappa shape index (κ2) is 7.97. The van der Waals surface area contributed by atoms with Gasteiger partial charge in [0.05, 0.1) is 18.3 Å². The van der Waals surface area contributed by atoms with Crippen LogP contribution in [0.15, 0.2) is 36.7 Å². The van der Waals surface area contributed by atoms with Crippen molar-refractivity contribution in [2.75, 3.05) is 29.9 Å². The Labute approximate surface area is 183 Å². The van der Waals surface area contributed by atoms with Crippen molar-refractivity contribution in [3.05, 3.63) is 53.1 Å². The molecule has 1 aromatic carbocycles. The van der Waals surface area contributed by atoms with E-state index >= 15 is 0 Å². The van der Waals surface area contributed by atoms with Gasteiger partial charge in [0.15, 0.2) is 5.65 Å². The number of hydrogen-bond donors (Lipinski definition) is 2. The maximum Gasteiger partial charge on any atom is 0.322 e. The zero-order valence-corrected chi connectivity index (χ0v) is 17.5. The molecule has 2 amide bonds. The highest BCUT2D eigenvalue weighted by Gasteiger charge is 2.29. The third kappa shape index (κ3) is 3.90. The number of carbonyl (C=O) groups is 1. The Kier molecular flexibility index (Phi) is 5.15. The number of aliphatic hydroxyl groups excluding tert-OH is 1. The van der Waals surface area contributed by atoms with Gasteiger partial charge < -0.3 is 20.2 Å². The van der Waals surface area contributed by atoms with Crippen molar-refractivity contribution in [2.24, 2.45) is 0 Å². The summed E-state index contributed by atoms with van der Waals surface area (Å²) in [5.74, 6) is 0.369. The van der Waals surface area contributed by atoms with E-state index < -0.39 is 6.10 Å². The Balaban J connectivity index is 1.42. The van der Waals surface area contributed by atoms with Gasteiger partial charge in [0.25, 0.3) is 0 Å². The molecule has 2 fully saturated rings. The fourth-order valence-electron chi connectivity index (χ4n) is 4.38. The molecule has 2 aliphatic rings. The summed E-state index contributed by atoms with van der Waals surface area (Å²) >= 11 is 6.07. The molecular weight excluding hydrogens is 423 g/mol. The third-order valence-corrected chi connectivity index (χ3v) is 6.08. The quantitative estimate of drug-likeness (QED) is 0.646. The van der Waals surface area contributed by atoms with E-state index in [2.05, 4.69) is 15.3 Å². The monoisotopic (exact) mass is 444 g/mol. The van der Waals surface area contributed by atoms with Gasteiger partial charge in [-0.15, -0.1) is 0 Å². The summed E-state index contributed by atoms with van der Waals surface area (Å²) in [6, 6.07) is 6.16. The van der Waals surface area contributed by atoms with Crippen molar-refractivity contribution in [2.45, 2.75) is 31.4 Å². The fraction of sp³-hybridized carbons (Fsp3) is 0.381. The van der Waals surface area contributed by atoms with Crippen molar-refractivity contribution >= 4 is 34.8 Å². The van der Waals surface area contributed by atoms with Crippen LogP contribution in [0.5, 0.6) is 0 Å². The molecule has 0 aliphatic carbocycles. The molecule has 2 aromatic heterocycles. The number of rotatable bonds is 3. The number of benzene rings is 1. The van der Waals surface area contributed by atoms with Crippen LogP contribution in [-0.4, -0.2) is 56.4 Å². The molecule has 0 saturated carbocycles. The predicted molar refractivity (Wildman–Crippen MR) is 115 cm³/mol. The van der Waals surface area contributed by atoms with Crippen molar-refractivity contribution in [1.82, 2.24) is 19.5 Å². The van der Waals surface area contributed by atoms with E-state index in [1.807, 2.05) is 6.07 Å². The van der Waals surface area contributed by atoms with Crippen LogP contribution >= 0.6 is 11.6 Å². The Bertz CT molecular complexity index is 1120. The fourth-order valence-corrected chi connectivity index (χ4v) is 4.61. The first-order valence-electron chi connectivity index (χ1n) is 10.3. The number of carbonyl (C=O) groups excluding carboxylic acids is 1. The maximum atomic E-state index is 13.9. The van der Waals surface area contributed by atoms with Gasteiger partial charge in [0.2, 0.25) is 0 Å². The number of nitrogens with one attached hydrogen (secondary N) is 1. The highest BCUT2D eigenvalue weighted by molar-refractivity contribution is 6.30. The van der Waals surface area contributed by atoms with Gasteiger partial charge >= 0.3 is 6.03 Å². The van der Waals surface area contributed by atoms with Gasteiger partial charge in [-0.25, -0.2) is 18.7 Å². The van der Waals surface area contributed by atoms with E-state index in [1.165, 1.54) is 12.1 Å². The molecule has 10 heteroatoms. The van der Waals surface area contributed by atoms with Crippen LogP contribution in [0.4, 0.5) is 20.7 Å². The molecule has 0 bridgehead atoms. The molecule has 8 nitrogen and oxygen atoms in total. The van der Waals surface area contributed by atoms with Crippen LogP contribution in [0.3, 0.4) is 0 Å². The topological polar surface area (TPSA) is 86.0 Å². The van der Waals surface area contributed by atoms with Gasteiger partial charge in [-0.2, -0.15) is 5.10 Å². The summed E-state index contributed by atoms with van der Waals surface area (Å²) < 4.78 is 15.5. The summed E-state index contributed by atoms with van der Waals surface area (Å²) in [6.45, 7) is 1.61. The maximum absolute atomic E-state index is 13.9. The van der Waals surface area contributed by atoms with Crippen LogP contribution in [0.25, 0.3) is 5.65 Å². The number of anilines is 2. The van der Waals surface area contributed by atoms with E-state index in [0.29, 0.717) is 35.9 Å². The number of likely N-dealkylation sites (tertiary alicyclic amines) is 1. The third-order valence-electron chi connectivity index (χ3n) is 5.86. The Morgan fingerprint density at radius 2 is 2.13 bits per heavy atom. The first-order chi connectivity index (χ1) is 15.0. The molecule has 2 unspecified atom stereocenters. The zero-order valence-electron chi connectivity index (χ0n) is 16.7. The molecule has 5 rings (SSSR count). The molecule has 2 N–H and O–H groups in total. The van der Waals surface area contributed by atoms with Gasteiger partial charge in [0, 0.05) is 30.9 Å². The highest BCUT2D eigenvalue weighted by atomic mass is 35.5. The van der Waals surface area contributed by atoms with Crippen molar-refractivity contribution < 1.29 is 14.3 Å². The molecule has 2 saturated heterocycles. The lowest BCUT2D eigenvalue weighted by Gasteiger charge is -2.26. The van der Waals surface area contributed by atoms with Gasteiger partial charge in [-0.1, -0.05) is 11.6 Å². The molecule has 162 valence electrons. The van der Waals surface area contributed by atoms with Crippen LogP contribution < -0.4 is 10.2 Å². The lowest BCUT2D eigenvalue weighted by atomic mass is 10.0. The number of nitrogens with zero attached hydrogens (tertiary/aromatic N) is 5. The minimum absolute atomic E-state index is 0.0322. The standard InChI is InChI=1S/C21H22ClFN6O2/c22-14-8-13(9-15(23)10-14)18-2-1-5-28(18)19-4-7-29-20(26-19)17(11-24-29)25-21(31)27-6-3-16(30)12-27/h4,7-11,16,18,30H,1-3,5-6,12H2,(H,25,31). The molecule has 31 heavy (non-hydrogen) atoms. The minimum Gasteiger partial charge on any atom is -0.391 e. The van der Waals surface area contributed by atoms with E-state index in [4.69, 9.17) is 16.6 Å². The molecule has 2 aliphatic heterocycles. The largest absolute Gasteiger partial charge is 0.391 e. The van der Waals surface area contributed by atoms with E-state index in [9.17, 15) is 14.3 Å². The van der Waals surface area contributed by atoms with Crippen molar-refractivity contribution in [3.63, 3.8) is 0 Å². The molecule has 0 spiro atoms. The van der Waals surface area contributed by atoms with E-state index in [-0.39, 0.29) is 17.9 Å². The van der Waals surface area contributed by atoms with Crippen LogP contribution in [-0.2, 0) is 0 Å². The summed E-state index contributed by atoms with van der Waals surface area (Å²) in [6.07, 6.45) is 5.26. The number of aromatic nitrogens is 3. The van der Waals surface area contributed by atoms with Crippen LogP contribution in [0.2, 0.25) is 5.02 Å². The first kappa shape index (κ1) is 20.0. The highest BCUT2D eigenvalue weighted by Crippen LogP contribution is 2.37. The molecule has 2 atom stereocenters. The number of fused-ring (bicyclic) bond motifs is 1. The van der Waals surface area contributed by atoms with Gasteiger partial charge in [-0.3, -0.25) is 0 Å². The molecular formula is C21H22ClFN6O2. The smallest absolute Gasteiger partial charge is 0.322 e. The number of β-amino-alcohol motifs (C(OH)–C–C–N with tert-alkyl or cyclic N) is 1. The zero-order chi connectivity index (χ0) is 21.5. The summed E-state index contributed by atoms with van der Waals surface area (Å²) in [5, 5.41) is 17.2. The normalized spacial score (nSPS) is 21.3. The first-order valence-corrected chi connectivity index (χ1v) is 10.7. The average molecular weight is 445 g/mol. The van der Waals surface area contributed by atoms with Crippen molar-refractivity contribution in [1.29, 1.82) is 0 Å². The van der Waals surface area contributed by atoms with Gasteiger partial charge in [-0.05, 0) is 49.1 Å². The predicted octanol–water partition coefficient (Wildman–Crippen LogP) is 3.46. The van der Waals surface area contributed by atoms with Crippen molar-refractivity contribution in [3.8, 4) is 0 Å². The molecule has 0 radical (unpaired) electrons. The Hall–Kier alpha value is -2.91. The number of aliphatic hydroxyl groups is 1. The summed E-state index contributed by atoms with van der Waals surface area (Å²) in [7, 11) is 0. The van der Waals surface area contributed by atoms with E-state index in [1.54, 1.807) is 27.9 Å². The number of urea groups is 1. The summed E-state index contributed by atoms with van der Waals surface area (Å²) in [5.41, 5.74) is 1.84. The number of halogens is 2. The average Bonchev–Trinajstić information content (AvgIpc) is 3.47.